The molecular weight excluding hydrogens is 450 g/mol. The van der Waals surface area contributed by atoms with Crippen molar-refractivity contribution in [2.45, 2.75) is 24.3 Å². The number of anilines is 1. The number of thioether (sulfide) groups is 1. The van der Waals surface area contributed by atoms with Crippen LogP contribution in [0.2, 0.25) is 0 Å². The summed E-state index contributed by atoms with van der Waals surface area (Å²) < 4.78 is 7.35. The van der Waals surface area contributed by atoms with Crippen molar-refractivity contribution in [3.05, 3.63) is 78.1 Å². The molecule has 3 heterocycles. The number of carbonyl (C=O) groups is 2. The van der Waals surface area contributed by atoms with E-state index in [2.05, 4.69) is 20.5 Å². The molecule has 9 heteroatoms. The largest absolute Gasteiger partial charge is 0.482 e. The molecule has 2 aromatic heterocycles. The van der Waals surface area contributed by atoms with Crippen LogP contribution in [0.4, 0.5) is 5.69 Å². The van der Waals surface area contributed by atoms with Crippen LogP contribution in [0.1, 0.15) is 22.8 Å². The molecule has 4 aromatic rings. The zero-order valence-electron chi connectivity index (χ0n) is 18.6. The SMILES string of the molecule is Cc1ccccc1-n1c(S[C@@H](C)C(=O)c2ccc3c(c2)NC(=O)CO3)nnc1-c1cccnc1. The van der Waals surface area contributed by atoms with E-state index in [0.29, 0.717) is 28.0 Å². The monoisotopic (exact) mass is 471 g/mol. The van der Waals surface area contributed by atoms with Crippen molar-refractivity contribution in [2.75, 3.05) is 11.9 Å². The number of para-hydroxylation sites is 1. The van der Waals surface area contributed by atoms with Gasteiger partial charge in [-0.05, 0) is 55.8 Å². The second kappa shape index (κ2) is 9.11. The smallest absolute Gasteiger partial charge is 0.262 e. The predicted octanol–water partition coefficient (Wildman–Crippen LogP) is 4.33. The number of rotatable bonds is 6. The summed E-state index contributed by atoms with van der Waals surface area (Å²) in [5.41, 5.74) is 3.80. The Morgan fingerprint density at radius 1 is 1.15 bits per heavy atom. The van der Waals surface area contributed by atoms with Crippen molar-refractivity contribution in [3.63, 3.8) is 0 Å². The number of amides is 1. The van der Waals surface area contributed by atoms with Gasteiger partial charge in [-0.15, -0.1) is 10.2 Å². The summed E-state index contributed by atoms with van der Waals surface area (Å²) in [4.78, 5) is 29.1. The molecule has 0 spiro atoms. The Morgan fingerprint density at radius 2 is 2.00 bits per heavy atom. The lowest BCUT2D eigenvalue weighted by atomic mass is 10.1. The van der Waals surface area contributed by atoms with Crippen LogP contribution in [0.5, 0.6) is 5.75 Å². The van der Waals surface area contributed by atoms with Gasteiger partial charge in [0.2, 0.25) is 0 Å². The first kappa shape index (κ1) is 21.8. The zero-order chi connectivity index (χ0) is 23.7. The molecule has 2 aromatic carbocycles. The van der Waals surface area contributed by atoms with Crippen molar-refractivity contribution < 1.29 is 14.3 Å². The first-order chi connectivity index (χ1) is 16.5. The standard InChI is InChI=1S/C25H21N5O3S/c1-15-6-3-4-8-20(15)30-24(18-7-5-11-26-13-18)28-29-25(30)34-16(2)23(32)17-9-10-21-19(12-17)27-22(31)14-33-21/h3-13,16H,14H2,1-2H3,(H,27,31)/t16-/m0/s1. The number of pyridine rings is 1. The maximum absolute atomic E-state index is 13.3. The number of ether oxygens (including phenoxy) is 1. The van der Waals surface area contributed by atoms with Gasteiger partial charge in [-0.2, -0.15) is 0 Å². The summed E-state index contributed by atoms with van der Waals surface area (Å²) in [6.45, 7) is 3.83. The minimum Gasteiger partial charge on any atom is -0.482 e. The Bertz CT molecular complexity index is 1390. The fraction of sp³-hybridized carbons (Fsp3) is 0.160. The number of Topliss-reactive ketones (excluding diaryl/α,β-unsaturated/α-hetero) is 1. The molecule has 0 saturated heterocycles. The molecule has 0 aliphatic carbocycles. The quantitative estimate of drug-likeness (QED) is 0.330. The fourth-order valence-electron chi connectivity index (χ4n) is 3.74. The average molecular weight is 472 g/mol. The van der Waals surface area contributed by atoms with Crippen LogP contribution in [-0.4, -0.2) is 43.3 Å². The number of fused-ring (bicyclic) bond motifs is 1. The first-order valence-electron chi connectivity index (χ1n) is 10.7. The number of carbonyl (C=O) groups excluding carboxylic acids is 2. The van der Waals surface area contributed by atoms with Gasteiger partial charge in [0, 0.05) is 23.5 Å². The Kier molecular flexibility index (Phi) is 5.85. The topological polar surface area (TPSA) is 99.0 Å². The van der Waals surface area contributed by atoms with Gasteiger partial charge in [-0.25, -0.2) is 0 Å². The molecule has 0 radical (unpaired) electrons. The molecule has 0 unspecified atom stereocenters. The lowest BCUT2D eigenvalue weighted by Crippen LogP contribution is -2.25. The fourth-order valence-corrected chi connectivity index (χ4v) is 4.68. The molecule has 1 aliphatic heterocycles. The highest BCUT2D eigenvalue weighted by Gasteiger charge is 2.25. The number of nitrogens with one attached hydrogen (secondary N) is 1. The Balaban J connectivity index is 1.48. The molecule has 1 atom stereocenters. The molecule has 1 N–H and O–H groups in total. The van der Waals surface area contributed by atoms with Crippen LogP contribution < -0.4 is 10.1 Å². The van der Waals surface area contributed by atoms with E-state index in [0.717, 1.165) is 16.8 Å². The van der Waals surface area contributed by atoms with Gasteiger partial charge in [0.05, 0.1) is 16.6 Å². The van der Waals surface area contributed by atoms with E-state index in [1.165, 1.54) is 11.8 Å². The van der Waals surface area contributed by atoms with Gasteiger partial charge < -0.3 is 10.1 Å². The summed E-state index contributed by atoms with van der Waals surface area (Å²) in [5.74, 6) is 0.874. The molecule has 0 fully saturated rings. The third-order valence-electron chi connectivity index (χ3n) is 5.46. The van der Waals surface area contributed by atoms with Crippen LogP contribution in [-0.2, 0) is 4.79 Å². The molecule has 0 saturated carbocycles. The van der Waals surface area contributed by atoms with Gasteiger partial charge in [0.1, 0.15) is 5.75 Å². The molecule has 1 amide bonds. The minimum atomic E-state index is -0.452. The molecule has 8 nitrogen and oxygen atoms in total. The van der Waals surface area contributed by atoms with Gasteiger partial charge in [-0.3, -0.25) is 19.1 Å². The Labute approximate surface area is 200 Å². The van der Waals surface area contributed by atoms with E-state index in [1.807, 2.05) is 54.8 Å². The number of aryl methyl sites for hydroxylation is 1. The molecule has 0 bridgehead atoms. The second-order valence-corrected chi connectivity index (χ2v) is 9.15. The van der Waals surface area contributed by atoms with Crippen LogP contribution in [0.15, 0.2) is 72.1 Å². The first-order valence-corrected chi connectivity index (χ1v) is 11.6. The maximum atomic E-state index is 13.3. The van der Waals surface area contributed by atoms with E-state index in [4.69, 9.17) is 4.74 Å². The predicted molar refractivity (Wildman–Crippen MR) is 130 cm³/mol. The van der Waals surface area contributed by atoms with Gasteiger partial charge in [0.15, 0.2) is 23.4 Å². The number of ketones is 1. The lowest BCUT2D eigenvalue weighted by molar-refractivity contribution is -0.118. The van der Waals surface area contributed by atoms with Crippen LogP contribution in [0, 0.1) is 6.92 Å². The second-order valence-electron chi connectivity index (χ2n) is 7.84. The minimum absolute atomic E-state index is 0.0274. The van der Waals surface area contributed by atoms with Crippen LogP contribution in [0.25, 0.3) is 17.1 Å². The van der Waals surface area contributed by atoms with Gasteiger partial charge >= 0.3 is 0 Å². The summed E-state index contributed by atoms with van der Waals surface area (Å²) in [7, 11) is 0. The molecule has 34 heavy (non-hydrogen) atoms. The number of hydrogen-bond acceptors (Lipinski definition) is 7. The van der Waals surface area contributed by atoms with Crippen molar-refractivity contribution in [2.24, 2.45) is 0 Å². The highest BCUT2D eigenvalue weighted by Crippen LogP contribution is 2.34. The van der Waals surface area contributed by atoms with Crippen LogP contribution in [0.3, 0.4) is 0 Å². The third kappa shape index (κ3) is 4.17. The molecule has 1 aliphatic rings. The third-order valence-corrected chi connectivity index (χ3v) is 6.50. The molecular formula is C25H21N5O3S. The normalized spacial score (nSPS) is 13.5. The summed E-state index contributed by atoms with van der Waals surface area (Å²) >= 11 is 1.33. The van der Waals surface area contributed by atoms with E-state index in [1.54, 1.807) is 30.6 Å². The highest BCUT2D eigenvalue weighted by molar-refractivity contribution is 8.00. The average Bonchev–Trinajstić information content (AvgIpc) is 3.27. The van der Waals surface area contributed by atoms with E-state index in [9.17, 15) is 9.59 Å². The van der Waals surface area contributed by atoms with E-state index < -0.39 is 5.25 Å². The summed E-state index contributed by atoms with van der Waals surface area (Å²) in [5, 5.41) is 11.8. The zero-order valence-corrected chi connectivity index (χ0v) is 19.4. The van der Waals surface area contributed by atoms with E-state index >= 15 is 0 Å². The summed E-state index contributed by atoms with van der Waals surface area (Å²) in [6.07, 6.45) is 3.45. The van der Waals surface area contributed by atoms with Crippen molar-refractivity contribution in [1.82, 2.24) is 19.7 Å². The van der Waals surface area contributed by atoms with E-state index in [-0.39, 0.29) is 18.3 Å². The lowest BCUT2D eigenvalue weighted by Gasteiger charge is -2.19. The van der Waals surface area contributed by atoms with Gasteiger partial charge in [-0.1, -0.05) is 30.0 Å². The number of aromatic nitrogens is 4. The Hall–Kier alpha value is -3.98. The Morgan fingerprint density at radius 3 is 2.79 bits per heavy atom. The molecule has 170 valence electrons. The highest BCUT2D eigenvalue weighted by atomic mass is 32.2. The molecule has 5 rings (SSSR count). The van der Waals surface area contributed by atoms with Crippen molar-refractivity contribution in [3.8, 4) is 22.8 Å². The number of hydrogen-bond donors (Lipinski definition) is 1. The van der Waals surface area contributed by atoms with Crippen molar-refractivity contribution in [1.29, 1.82) is 0 Å². The number of nitrogens with zero attached hydrogens (tertiary/aromatic N) is 4. The maximum Gasteiger partial charge on any atom is 0.262 e. The van der Waals surface area contributed by atoms with Crippen LogP contribution >= 0.6 is 11.8 Å². The van der Waals surface area contributed by atoms with Gasteiger partial charge in [0.25, 0.3) is 5.91 Å². The summed E-state index contributed by atoms with van der Waals surface area (Å²) in [6, 6.07) is 16.8. The number of benzene rings is 2. The van der Waals surface area contributed by atoms with Crippen molar-refractivity contribution >= 4 is 29.1 Å².